The van der Waals surface area contributed by atoms with Gasteiger partial charge in [-0.3, -0.25) is 0 Å². The Hall–Kier alpha value is 0.554. The van der Waals surface area contributed by atoms with E-state index < -0.39 is 5.97 Å². The minimum absolute atomic E-state index is 0.293. The monoisotopic (exact) mass is 309 g/mol. The van der Waals surface area contributed by atoms with E-state index in [0.717, 1.165) is 0 Å². The third kappa shape index (κ3) is 10.00. The van der Waals surface area contributed by atoms with E-state index in [9.17, 15) is 0 Å². The van der Waals surface area contributed by atoms with Gasteiger partial charge in [0, 0.05) is 0 Å². The van der Waals surface area contributed by atoms with Crippen molar-refractivity contribution in [2.24, 2.45) is 17.8 Å². The zero-order chi connectivity index (χ0) is 14.9. The Morgan fingerprint density at radius 2 is 1.21 bits per heavy atom. The summed E-state index contributed by atoms with van der Waals surface area (Å²) in [6, 6.07) is 0. The van der Waals surface area contributed by atoms with Gasteiger partial charge in [-0.05, 0) is 0 Å². The Morgan fingerprint density at radius 3 is 1.53 bits per heavy atom. The van der Waals surface area contributed by atoms with Crippen molar-refractivity contribution in [3.8, 4) is 0 Å². The van der Waals surface area contributed by atoms with Crippen molar-refractivity contribution in [2.75, 3.05) is 26.4 Å². The van der Waals surface area contributed by atoms with Crippen LogP contribution < -0.4 is 0 Å². The molecule has 0 rings (SSSR count). The molecule has 0 atom stereocenters. The van der Waals surface area contributed by atoms with Crippen molar-refractivity contribution in [3.05, 3.63) is 0 Å². The molecular weight excluding hydrogens is 280 g/mol. The molecule has 0 N–H and O–H groups in total. The summed E-state index contributed by atoms with van der Waals surface area (Å²) in [5.74, 6) is 0.234. The summed E-state index contributed by atoms with van der Waals surface area (Å²) in [6.07, 6.45) is 0. The number of ether oxygens (including phenoxy) is 3. The second-order valence-corrected chi connectivity index (χ2v) is 6.42. The summed E-state index contributed by atoms with van der Waals surface area (Å²) in [5, 5.41) is 0. The van der Waals surface area contributed by atoms with Crippen LogP contribution >= 0.6 is 0 Å². The van der Waals surface area contributed by atoms with Gasteiger partial charge in [-0.1, -0.05) is 0 Å². The molecule has 0 heterocycles. The molecule has 0 amide bonds. The molecule has 5 heteroatoms. The van der Waals surface area contributed by atoms with Crippen molar-refractivity contribution >= 4 is 0 Å². The van der Waals surface area contributed by atoms with Crippen molar-refractivity contribution in [3.63, 3.8) is 0 Å². The molecule has 113 valence electrons. The molecule has 0 fully saturated rings. The molecule has 0 aliphatic carbocycles. The van der Waals surface area contributed by atoms with Gasteiger partial charge >= 0.3 is 130 Å². The third-order valence-electron chi connectivity index (χ3n) is 2.16. The number of rotatable bonds is 11. The molecular formula is C14H29O4Ti. The van der Waals surface area contributed by atoms with Crippen LogP contribution in [0, 0.1) is 17.8 Å². The van der Waals surface area contributed by atoms with Crippen LogP contribution in [0.2, 0.25) is 0 Å². The Morgan fingerprint density at radius 1 is 0.789 bits per heavy atom. The summed E-state index contributed by atoms with van der Waals surface area (Å²) < 4.78 is 22.7. The summed E-state index contributed by atoms with van der Waals surface area (Å²) in [4.78, 5) is 0. The molecule has 0 aliphatic rings. The normalized spacial score (nSPS) is 12.8. The second kappa shape index (κ2) is 10.3. The van der Waals surface area contributed by atoms with Gasteiger partial charge in [0.25, 0.3) is 0 Å². The van der Waals surface area contributed by atoms with Crippen LogP contribution in [0.1, 0.15) is 41.5 Å². The molecule has 19 heavy (non-hydrogen) atoms. The fraction of sp³-hybridized carbons (Fsp3) is 1.00. The average molecular weight is 309 g/mol. The topological polar surface area (TPSA) is 36.9 Å². The molecule has 0 saturated heterocycles. The van der Waals surface area contributed by atoms with Crippen LogP contribution in [0.4, 0.5) is 0 Å². The number of hydrogen-bond donors (Lipinski definition) is 0. The van der Waals surface area contributed by atoms with Gasteiger partial charge in [0.2, 0.25) is 0 Å². The maximum atomic E-state index is 5.80. The standard InChI is InChI=1S/C14H29O4.Ti/c1-11(2)7-16-10-14(15,17-8-12(3)4)18-9-13(5)6;/h11-13H,7-10H2,1-6H3;/q-1;+1. The van der Waals surface area contributed by atoms with Gasteiger partial charge in [0.1, 0.15) is 0 Å². The molecule has 0 aromatic carbocycles. The van der Waals surface area contributed by atoms with E-state index in [1.807, 2.05) is 0 Å². The van der Waals surface area contributed by atoms with Gasteiger partial charge in [-0.25, -0.2) is 0 Å². The van der Waals surface area contributed by atoms with Crippen molar-refractivity contribution in [2.45, 2.75) is 47.5 Å². The van der Waals surface area contributed by atoms with E-state index in [-0.39, 0.29) is 0 Å². The molecule has 4 nitrogen and oxygen atoms in total. The zero-order valence-corrected chi connectivity index (χ0v) is 14.8. The van der Waals surface area contributed by atoms with E-state index >= 15 is 0 Å². The van der Waals surface area contributed by atoms with E-state index in [4.69, 9.17) is 17.5 Å². The first kappa shape index (κ1) is 19.6. The van der Waals surface area contributed by atoms with Gasteiger partial charge in [-0.15, -0.1) is 0 Å². The van der Waals surface area contributed by atoms with Crippen LogP contribution in [-0.2, 0) is 38.4 Å². The quantitative estimate of drug-likeness (QED) is 0.434. The Bertz CT molecular complexity index is 207. The fourth-order valence-electron chi connectivity index (χ4n) is 1.22. The first-order chi connectivity index (χ1) is 8.81. The first-order valence-corrected chi connectivity index (χ1v) is 7.65. The first-order valence-electron chi connectivity index (χ1n) is 7.01. The van der Waals surface area contributed by atoms with Crippen molar-refractivity contribution in [1.82, 2.24) is 0 Å². The molecule has 0 saturated carbocycles. The van der Waals surface area contributed by atoms with Gasteiger partial charge in [0.05, 0.1) is 0 Å². The third-order valence-corrected chi connectivity index (χ3v) is 2.64. The van der Waals surface area contributed by atoms with Gasteiger partial charge in [-0.2, -0.15) is 0 Å². The van der Waals surface area contributed by atoms with Crippen molar-refractivity contribution in [1.29, 1.82) is 0 Å². The minimum atomic E-state index is -1.08. The molecule has 0 spiro atoms. The molecule has 0 unspecified atom stereocenters. The number of hydrogen-bond acceptors (Lipinski definition) is 4. The summed E-state index contributed by atoms with van der Waals surface area (Å²) in [7, 11) is 0. The van der Waals surface area contributed by atoms with E-state index in [2.05, 4.69) is 41.5 Å². The van der Waals surface area contributed by atoms with Gasteiger partial charge < -0.3 is 0 Å². The van der Waals surface area contributed by atoms with Crippen molar-refractivity contribution < 1.29 is 38.4 Å². The second-order valence-electron chi connectivity index (χ2n) is 6.10. The van der Waals surface area contributed by atoms with Crippen LogP contribution in [0.25, 0.3) is 0 Å². The van der Waals surface area contributed by atoms with E-state index in [1.165, 1.54) is 0 Å². The van der Waals surface area contributed by atoms with E-state index in [0.29, 0.717) is 44.2 Å². The zero-order valence-electron chi connectivity index (χ0n) is 13.2. The van der Waals surface area contributed by atoms with Crippen LogP contribution in [0.5, 0.6) is 0 Å². The molecule has 0 aromatic rings. The summed E-state index contributed by atoms with van der Waals surface area (Å²) in [5.41, 5.74) is 0. The SMILES string of the molecule is CC(C)COCC([O][Ti])(OCC(C)C)OCC(C)C. The average Bonchev–Trinajstić information content (AvgIpc) is 2.31. The van der Waals surface area contributed by atoms with Crippen LogP contribution in [-0.4, -0.2) is 32.4 Å². The Labute approximate surface area is 130 Å². The fourth-order valence-corrected chi connectivity index (χ4v) is 1.50. The van der Waals surface area contributed by atoms with Gasteiger partial charge in [0.15, 0.2) is 0 Å². The molecule has 0 aliphatic heterocycles. The van der Waals surface area contributed by atoms with Crippen LogP contribution in [0.15, 0.2) is 0 Å². The van der Waals surface area contributed by atoms with E-state index in [1.54, 1.807) is 20.8 Å². The Kier molecular flexibility index (Phi) is 10.6. The Balaban J connectivity index is 4.45. The predicted molar refractivity (Wildman–Crippen MR) is 71.1 cm³/mol. The summed E-state index contributed by atoms with van der Waals surface area (Å²) >= 11 is 1.60. The van der Waals surface area contributed by atoms with Crippen LogP contribution in [0.3, 0.4) is 0 Å². The maximum absolute atomic E-state index is 5.80. The summed E-state index contributed by atoms with van der Waals surface area (Å²) in [6.45, 7) is 14.7. The molecule has 0 radical (unpaired) electrons. The molecule has 0 bridgehead atoms. The predicted octanol–water partition coefficient (Wildman–Crippen LogP) is 3.14. The molecule has 0 aromatic heterocycles.